The predicted octanol–water partition coefficient (Wildman–Crippen LogP) is 3.26. The first-order chi connectivity index (χ1) is 17.5. The molecule has 4 aromatic rings. The summed E-state index contributed by atoms with van der Waals surface area (Å²) in [5, 5.41) is 9.08. The van der Waals surface area contributed by atoms with Gasteiger partial charge in [0.1, 0.15) is 22.9 Å². The summed E-state index contributed by atoms with van der Waals surface area (Å²) in [6.45, 7) is 7.01. The summed E-state index contributed by atoms with van der Waals surface area (Å²) in [7, 11) is 1.84. The number of hydrogen-bond donors (Lipinski definition) is 3. The number of aryl methyl sites for hydroxylation is 1. The Kier molecular flexibility index (Phi) is 6.41. The predicted molar refractivity (Wildman–Crippen MR) is 143 cm³/mol. The molecule has 3 aromatic heterocycles. The summed E-state index contributed by atoms with van der Waals surface area (Å²) >= 11 is 6.17. The van der Waals surface area contributed by atoms with Gasteiger partial charge in [0.25, 0.3) is 5.91 Å². The summed E-state index contributed by atoms with van der Waals surface area (Å²) < 4.78 is 1.74. The highest BCUT2D eigenvalue weighted by Gasteiger charge is 2.37. The van der Waals surface area contributed by atoms with Crippen molar-refractivity contribution in [1.82, 2.24) is 34.9 Å². The molecule has 11 heteroatoms. The first kappa shape index (κ1) is 25.2. The molecule has 0 radical (unpaired) electrons. The van der Waals surface area contributed by atoms with E-state index in [4.69, 9.17) is 22.3 Å². The first-order valence-corrected chi connectivity index (χ1v) is 12.7. The maximum absolute atomic E-state index is 13.5. The molecule has 0 saturated carbocycles. The van der Waals surface area contributed by atoms with Crippen LogP contribution in [-0.4, -0.2) is 66.6 Å². The van der Waals surface area contributed by atoms with Gasteiger partial charge in [0.2, 0.25) is 5.91 Å². The number of fused-ring (bicyclic) bond motifs is 2. The molecule has 0 unspecified atom stereocenters. The number of carbonyl (C=O) groups is 2. The molecule has 2 amide bonds. The van der Waals surface area contributed by atoms with Crippen molar-refractivity contribution in [3.8, 4) is 11.4 Å². The third-order valence-electron chi connectivity index (χ3n) is 6.92. The van der Waals surface area contributed by atoms with Crippen molar-refractivity contribution in [2.45, 2.75) is 45.7 Å². The van der Waals surface area contributed by atoms with Crippen molar-refractivity contribution >= 4 is 45.5 Å². The van der Waals surface area contributed by atoms with Crippen molar-refractivity contribution < 1.29 is 9.59 Å². The maximum Gasteiger partial charge on any atom is 0.255 e. The number of amides is 2. The normalized spacial score (nSPS) is 15.9. The number of likely N-dealkylation sites (tertiary alicyclic amines) is 1. The summed E-state index contributed by atoms with van der Waals surface area (Å²) in [4.78, 5) is 41.0. The van der Waals surface area contributed by atoms with Crippen molar-refractivity contribution in [2.24, 2.45) is 18.2 Å². The lowest BCUT2D eigenvalue weighted by Gasteiger charge is -2.37. The van der Waals surface area contributed by atoms with Crippen molar-refractivity contribution in [3.05, 3.63) is 41.2 Å². The van der Waals surface area contributed by atoms with Gasteiger partial charge in [-0.25, -0.2) is 9.97 Å². The molecule has 1 saturated heterocycles. The van der Waals surface area contributed by atoms with Crippen LogP contribution in [0.3, 0.4) is 0 Å². The largest absolute Gasteiger partial charge is 0.344 e. The Labute approximate surface area is 219 Å². The summed E-state index contributed by atoms with van der Waals surface area (Å²) in [5.41, 5.74) is 8.75. The molecular weight excluding hydrogens is 492 g/mol. The number of aromatic nitrogens is 5. The van der Waals surface area contributed by atoms with Crippen molar-refractivity contribution in [2.75, 3.05) is 13.1 Å². The Bertz CT molecular complexity index is 1490. The highest BCUT2D eigenvalue weighted by molar-refractivity contribution is 6.31. The molecule has 0 spiro atoms. The zero-order valence-corrected chi connectivity index (χ0v) is 22.1. The van der Waals surface area contributed by atoms with Crippen LogP contribution in [-0.2, 0) is 11.8 Å². The van der Waals surface area contributed by atoms with E-state index in [0.29, 0.717) is 46.2 Å². The number of rotatable bonds is 4. The number of H-pyrrole nitrogens is 1. The van der Waals surface area contributed by atoms with E-state index in [1.165, 1.54) is 0 Å². The SMILES string of the molecule is Cn1nc(-c2cnc3[nH]cc(C(=O)N[C@@H](C(=O)N4CCC(N)CC4)C(C)(C)C)c3n2)c2ccc(Cl)cc21. The van der Waals surface area contributed by atoms with Crippen LogP contribution < -0.4 is 11.1 Å². The molecule has 1 atom stereocenters. The van der Waals surface area contributed by atoms with Gasteiger partial charge in [-0.2, -0.15) is 5.10 Å². The molecule has 4 heterocycles. The number of nitrogens with zero attached hydrogens (tertiary/aromatic N) is 5. The van der Waals surface area contributed by atoms with Gasteiger partial charge in [0.15, 0.2) is 5.65 Å². The summed E-state index contributed by atoms with van der Waals surface area (Å²) in [6, 6.07) is 4.94. The van der Waals surface area contributed by atoms with Crippen LogP contribution in [0, 0.1) is 5.41 Å². The van der Waals surface area contributed by atoms with Crippen molar-refractivity contribution in [1.29, 1.82) is 0 Å². The van der Waals surface area contributed by atoms with Crippen LogP contribution in [0.1, 0.15) is 44.0 Å². The highest BCUT2D eigenvalue weighted by Crippen LogP contribution is 2.30. The van der Waals surface area contributed by atoms with Crippen LogP contribution >= 0.6 is 11.6 Å². The molecule has 1 aliphatic rings. The summed E-state index contributed by atoms with van der Waals surface area (Å²) in [6.07, 6.45) is 4.71. The average Bonchev–Trinajstić information content (AvgIpc) is 3.42. The van der Waals surface area contributed by atoms with Gasteiger partial charge in [-0.15, -0.1) is 0 Å². The second kappa shape index (κ2) is 9.42. The minimum absolute atomic E-state index is 0.0991. The summed E-state index contributed by atoms with van der Waals surface area (Å²) in [5.74, 6) is -0.490. The van der Waals surface area contributed by atoms with E-state index < -0.39 is 17.4 Å². The van der Waals surface area contributed by atoms with Crippen molar-refractivity contribution in [3.63, 3.8) is 0 Å². The third kappa shape index (κ3) is 4.78. The monoisotopic (exact) mass is 522 g/mol. The minimum Gasteiger partial charge on any atom is -0.344 e. The number of carbonyl (C=O) groups excluding carboxylic acids is 2. The van der Waals surface area contributed by atoms with Crippen LogP contribution in [0.15, 0.2) is 30.6 Å². The second-order valence-corrected chi connectivity index (χ2v) is 11.2. The smallest absolute Gasteiger partial charge is 0.255 e. The van der Waals surface area contributed by atoms with Crippen LogP contribution in [0.4, 0.5) is 0 Å². The highest BCUT2D eigenvalue weighted by atomic mass is 35.5. The second-order valence-electron chi connectivity index (χ2n) is 10.7. The van der Waals surface area contributed by atoms with Gasteiger partial charge in [0, 0.05) is 42.8 Å². The Hall–Kier alpha value is -3.50. The Morgan fingerprint density at radius 1 is 1.24 bits per heavy atom. The van der Waals surface area contributed by atoms with Gasteiger partial charge < -0.3 is 20.9 Å². The Morgan fingerprint density at radius 2 is 1.97 bits per heavy atom. The molecule has 10 nitrogen and oxygen atoms in total. The Balaban J connectivity index is 1.46. The van der Waals surface area contributed by atoms with E-state index in [0.717, 1.165) is 23.7 Å². The maximum atomic E-state index is 13.5. The quantitative estimate of drug-likeness (QED) is 0.376. The molecule has 1 fully saturated rings. The molecule has 0 aliphatic carbocycles. The Morgan fingerprint density at radius 3 is 2.68 bits per heavy atom. The molecule has 4 N–H and O–H groups in total. The van der Waals surface area contributed by atoms with E-state index in [1.807, 2.05) is 40.0 Å². The van der Waals surface area contributed by atoms with E-state index in [1.54, 1.807) is 28.0 Å². The van der Waals surface area contributed by atoms with Gasteiger partial charge in [-0.1, -0.05) is 32.4 Å². The lowest BCUT2D eigenvalue weighted by Crippen LogP contribution is -2.56. The number of nitrogens with one attached hydrogen (secondary N) is 2. The van der Waals surface area contributed by atoms with Gasteiger partial charge in [-0.3, -0.25) is 14.3 Å². The topological polar surface area (TPSA) is 135 Å². The average molecular weight is 523 g/mol. The number of hydrogen-bond acceptors (Lipinski definition) is 6. The van der Waals surface area contributed by atoms with Crippen LogP contribution in [0.2, 0.25) is 5.02 Å². The molecule has 0 bridgehead atoms. The molecule has 1 aromatic carbocycles. The lowest BCUT2D eigenvalue weighted by molar-refractivity contribution is -0.136. The van der Waals surface area contributed by atoms with E-state index >= 15 is 0 Å². The first-order valence-electron chi connectivity index (χ1n) is 12.3. The van der Waals surface area contributed by atoms with Gasteiger partial charge in [0.05, 0.1) is 17.3 Å². The van der Waals surface area contributed by atoms with E-state index in [9.17, 15) is 9.59 Å². The van der Waals surface area contributed by atoms with Crippen LogP contribution in [0.5, 0.6) is 0 Å². The standard InChI is InChI=1S/C26H31ClN8O2/c1-26(2,3)22(25(37)35-9-7-15(28)8-10-35)32-24(36)17-12-29-23-21(17)31-18(13-30-23)20-16-6-5-14(27)11-19(16)34(4)33-20/h5-6,11-13,15,22H,7-10,28H2,1-4H3,(H,29,30)(H,32,36)/t22-/m0/s1. The molecule has 37 heavy (non-hydrogen) atoms. The van der Waals surface area contributed by atoms with Gasteiger partial charge >= 0.3 is 0 Å². The van der Waals surface area contributed by atoms with Gasteiger partial charge in [-0.05, 0) is 36.5 Å². The fourth-order valence-corrected chi connectivity index (χ4v) is 4.92. The molecule has 1 aliphatic heterocycles. The molecule has 5 rings (SSSR count). The number of halogens is 1. The number of nitrogens with two attached hydrogens (primary N) is 1. The fraction of sp³-hybridized carbons (Fsp3) is 0.423. The van der Waals surface area contributed by atoms with E-state index in [2.05, 4.69) is 20.4 Å². The zero-order valence-electron chi connectivity index (χ0n) is 21.4. The zero-order chi connectivity index (χ0) is 26.5. The number of piperidine rings is 1. The third-order valence-corrected chi connectivity index (χ3v) is 7.16. The lowest BCUT2D eigenvalue weighted by atomic mass is 9.85. The van der Waals surface area contributed by atoms with E-state index in [-0.39, 0.29) is 11.9 Å². The van der Waals surface area contributed by atoms with Crippen LogP contribution in [0.25, 0.3) is 33.5 Å². The minimum atomic E-state index is -0.708. The molecule has 194 valence electrons. The molecular formula is C26H31ClN8O2. The number of benzene rings is 1. The fourth-order valence-electron chi connectivity index (χ4n) is 4.76. The number of aromatic amines is 1.